The molecule has 1 fully saturated rings. The van der Waals surface area contributed by atoms with Crippen LogP contribution in [0.5, 0.6) is 0 Å². The van der Waals surface area contributed by atoms with Gasteiger partial charge in [0.15, 0.2) is 0 Å². The zero-order valence-corrected chi connectivity index (χ0v) is 12.4. The molecule has 0 amide bonds. The van der Waals surface area contributed by atoms with Crippen LogP contribution < -0.4 is 0 Å². The van der Waals surface area contributed by atoms with Gasteiger partial charge in [0.2, 0.25) is 10.0 Å². The van der Waals surface area contributed by atoms with Gasteiger partial charge in [-0.05, 0) is 24.6 Å². The van der Waals surface area contributed by atoms with Crippen LogP contribution in [0.2, 0.25) is 0 Å². The number of aryl methyl sites for hydroxylation is 1. The summed E-state index contributed by atoms with van der Waals surface area (Å²) in [6, 6.07) is 2.21. The Balaban J connectivity index is 2.47. The third-order valence-corrected chi connectivity index (χ3v) is 5.59. The van der Waals surface area contributed by atoms with Gasteiger partial charge < -0.3 is 9.84 Å². The summed E-state index contributed by atoms with van der Waals surface area (Å²) in [6.45, 7) is 1.47. The van der Waals surface area contributed by atoms with Crippen LogP contribution in [0.3, 0.4) is 0 Å². The van der Waals surface area contributed by atoms with Crippen LogP contribution in [0.4, 0.5) is 4.39 Å². The first-order valence-corrected chi connectivity index (χ1v) is 7.75. The van der Waals surface area contributed by atoms with Crippen molar-refractivity contribution in [3.8, 4) is 0 Å². The Kier molecular flexibility index (Phi) is 4.31. The second-order valence-electron chi connectivity index (χ2n) is 4.93. The number of sulfonamides is 1. The minimum absolute atomic E-state index is 0.0637. The van der Waals surface area contributed by atoms with Crippen LogP contribution >= 0.6 is 0 Å². The molecule has 21 heavy (non-hydrogen) atoms. The monoisotopic (exact) mass is 317 g/mol. The van der Waals surface area contributed by atoms with Crippen molar-refractivity contribution in [1.82, 2.24) is 4.31 Å². The summed E-state index contributed by atoms with van der Waals surface area (Å²) in [7, 11) is -2.70. The Labute approximate surface area is 122 Å². The van der Waals surface area contributed by atoms with Gasteiger partial charge in [0.05, 0.1) is 11.0 Å². The second-order valence-corrected chi connectivity index (χ2v) is 6.79. The fourth-order valence-corrected chi connectivity index (χ4v) is 4.27. The van der Waals surface area contributed by atoms with Crippen LogP contribution in [0, 0.1) is 12.7 Å². The van der Waals surface area contributed by atoms with E-state index in [0.29, 0.717) is 5.56 Å². The lowest BCUT2D eigenvalue weighted by atomic mass is 10.2. The third kappa shape index (κ3) is 2.92. The Morgan fingerprint density at radius 1 is 1.48 bits per heavy atom. The van der Waals surface area contributed by atoms with Gasteiger partial charge in [0.25, 0.3) is 0 Å². The first kappa shape index (κ1) is 15.9. The van der Waals surface area contributed by atoms with Gasteiger partial charge in [-0.2, -0.15) is 4.31 Å². The van der Waals surface area contributed by atoms with E-state index in [2.05, 4.69) is 0 Å². The average Bonchev–Trinajstić information content (AvgIpc) is 2.86. The van der Waals surface area contributed by atoms with Crippen LogP contribution in [-0.4, -0.2) is 49.6 Å². The number of methoxy groups -OCH3 is 1. The Bertz CT molecular complexity index is 661. The molecule has 8 heteroatoms. The van der Waals surface area contributed by atoms with E-state index < -0.39 is 34.0 Å². The fourth-order valence-electron chi connectivity index (χ4n) is 2.41. The Hall–Kier alpha value is -1.51. The van der Waals surface area contributed by atoms with E-state index in [-0.39, 0.29) is 17.9 Å². The van der Waals surface area contributed by atoms with Crippen molar-refractivity contribution in [3.05, 3.63) is 29.6 Å². The zero-order valence-electron chi connectivity index (χ0n) is 11.6. The SMILES string of the molecule is COC1CC(C(=O)O)N(S(=O)(=O)c2cc(F)ccc2C)C1. The van der Waals surface area contributed by atoms with Gasteiger partial charge in [0.1, 0.15) is 11.9 Å². The lowest BCUT2D eigenvalue weighted by molar-refractivity contribution is -0.140. The lowest BCUT2D eigenvalue weighted by Gasteiger charge is -2.21. The molecule has 116 valence electrons. The van der Waals surface area contributed by atoms with Crippen LogP contribution in [0.25, 0.3) is 0 Å². The standard InChI is InChI=1S/C13H16FNO5S/c1-8-3-4-9(14)5-12(8)21(18,19)15-7-10(20-2)6-11(15)13(16)17/h3-5,10-11H,6-7H2,1-2H3,(H,16,17). The number of hydrogen-bond donors (Lipinski definition) is 1. The van der Waals surface area contributed by atoms with Gasteiger partial charge in [-0.1, -0.05) is 6.07 Å². The van der Waals surface area contributed by atoms with Crippen LogP contribution in [-0.2, 0) is 19.6 Å². The molecule has 6 nitrogen and oxygen atoms in total. The van der Waals surface area contributed by atoms with Gasteiger partial charge in [-0.15, -0.1) is 0 Å². The first-order chi connectivity index (χ1) is 9.77. The highest BCUT2D eigenvalue weighted by Gasteiger charge is 2.44. The van der Waals surface area contributed by atoms with Gasteiger partial charge in [-0.3, -0.25) is 4.79 Å². The molecule has 0 spiro atoms. The molecule has 0 radical (unpaired) electrons. The summed E-state index contributed by atoms with van der Waals surface area (Å²) in [6.07, 6.45) is -0.422. The predicted molar refractivity (Wildman–Crippen MR) is 71.9 cm³/mol. The number of carbonyl (C=O) groups is 1. The molecule has 1 saturated heterocycles. The molecular weight excluding hydrogens is 301 g/mol. The predicted octanol–water partition coefficient (Wildman–Crippen LogP) is 0.997. The van der Waals surface area contributed by atoms with Crippen molar-refractivity contribution in [3.63, 3.8) is 0 Å². The maximum absolute atomic E-state index is 13.3. The van der Waals surface area contributed by atoms with E-state index >= 15 is 0 Å². The molecule has 1 aliphatic heterocycles. The molecule has 1 aromatic carbocycles. The number of carboxylic acids is 1. The van der Waals surface area contributed by atoms with Crippen LogP contribution in [0.15, 0.2) is 23.1 Å². The molecule has 0 saturated carbocycles. The molecular formula is C13H16FNO5S. The molecule has 0 aromatic heterocycles. The molecule has 0 bridgehead atoms. The minimum atomic E-state index is -4.10. The molecule has 1 aliphatic rings. The maximum atomic E-state index is 13.3. The van der Waals surface area contributed by atoms with E-state index in [4.69, 9.17) is 4.74 Å². The number of rotatable bonds is 4. The number of carboxylic acid groups (broad SMARTS) is 1. The maximum Gasteiger partial charge on any atom is 0.322 e. The van der Waals surface area contributed by atoms with Crippen LogP contribution in [0.1, 0.15) is 12.0 Å². The van der Waals surface area contributed by atoms with E-state index in [0.717, 1.165) is 16.4 Å². The molecule has 2 unspecified atom stereocenters. The van der Waals surface area contributed by atoms with E-state index in [1.54, 1.807) is 0 Å². The van der Waals surface area contributed by atoms with Crippen molar-refractivity contribution in [2.24, 2.45) is 0 Å². The lowest BCUT2D eigenvalue weighted by Crippen LogP contribution is -2.40. The number of halogens is 1. The smallest absolute Gasteiger partial charge is 0.322 e. The molecule has 2 rings (SSSR count). The van der Waals surface area contributed by atoms with Gasteiger partial charge in [0, 0.05) is 20.1 Å². The van der Waals surface area contributed by atoms with Crippen molar-refractivity contribution in [2.45, 2.75) is 30.4 Å². The summed E-state index contributed by atoms with van der Waals surface area (Å²) >= 11 is 0. The topological polar surface area (TPSA) is 83.9 Å². The molecule has 1 heterocycles. The molecule has 1 aromatic rings. The third-order valence-electron chi connectivity index (χ3n) is 3.57. The highest BCUT2D eigenvalue weighted by molar-refractivity contribution is 7.89. The van der Waals surface area contributed by atoms with E-state index in [9.17, 15) is 22.7 Å². The van der Waals surface area contributed by atoms with Crippen molar-refractivity contribution < 1.29 is 27.4 Å². The number of hydrogen-bond acceptors (Lipinski definition) is 4. The first-order valence-electron chi connectivity index (χ1n) is 6.31. The number of benzene rings is 1. The molecule has 1 N–H and O–H groups in total. The number of ether oxygens (including phenoxy) is 1. The average molecular weight is 317 g/mol. The fraction of sp³-hybridized carbons (Fsp3) is 0.462. The molecule has 0 aliphatic carbocycles. The summed E-state index contributed by atoms with van der Waals surface area (Å²) in [4.78, 5) is 11.1. The van der Waals surface area contributed by atoms with E-state index in [1.807, 2.05) is 0 Å². The summed E-state index contributed by atoms with van der Waals surface area (Å²) < 4.78 is 44.5. The van der Waals surface area contributed by atoms with Crippen molar-refractivity contribution in [2.75, 3.05) is 13.7 Å². The van der Waals surface area contributed by atoms with Gasteiger partial charge in [-0.25, -0.2) is 12.8 Å². The van der Waals surface area contributed by atoms with Gasteiger partial charge >= 0.3 is 5.97 Å². The quantitative estimate of drug-likeness (QED) is 0.895. The summed E-state index contributed by atoms with van der Waals surface area (Å²) in [5.41, 5.74) is 0.362. The number of aliphatic carboxylic acids is 1. The summed E-state index contributed by atoms with van der Waals surface area (Å²) in [5, 5.41) is 9.20. The normalized spacial score (nSPS) is 23.4. The highest BCUT2D eigenvalue weighted by atomic mass is 32.2. The number of nitrogens with zero attached hydrogens (tertiary/aromatic N) is 1. The summed E-state index contributed by atoms with van der Waals surface area (Å²) in [5.74, 6) is -1.93. The Morgan fingerprint density at radius 2 is 2.14 bits per heavy atom. The largest absolute Gasteiger partial charge is 0.480 e. The van der Waals surface area contributed by atoms with E-state index in [1.165, 1.54) is 20.1 Å². The Morgan fingerprint density at radius 3 is 2.71 bits per heavy atom. The minimum Gasteiger partial charge on any atom is -0.480 e. The molecule has 2 atom stereocenters. The second kappa shape index (κ2) is 5.70. The highest BCUT2D eigenvalue weighted by Crippen LogP contribution is 2.29. The zero-order chi connectivity index (χ0) is 15.8. The van der Waals surface area contributed by atoms with Crippen molar-refractivity contribution >= 4 is 16.0 Å². The van der Waals surface area contributed by atoms with Crippen molar-refractivity contribution in [1.29, 1.82) is 0 Å².